The highest BCUT2D eigenvalue weighted by molar-refractivity contribution is 5.94. The van der Waals surface area contributed by atoms with Crippen molar-refractivity contribution in [3.05, 3.63) is 66.0 Å². The third-order valence-electron chi connectivity index (χ3n) is 4.06. The zero-order valence-electron chi connectivity index (χ0n) is 13.4. The normalized spacial score (nSPS) is 13.4. The average molecular weight is 336 g/mol. The highest BCUT2D eigenvalue weighted by Gasteiger charge is 2.25. The van der Waals surface area contributed by atoms with Gasteiger partial charge in [-0.15, -0.1) is 5.10 Å². The number of nitrogens with zero attached hydrogens (tertiary/aromatic N) is 6. The molecule has 1 amide bonds. The molecule has 0 spiro atoms. The molecule has 0 aliphatic carbocycles. The highest BCUT2D eigenvalue weighted by atomic mass is 16.5. The van der Waals surface area contributed by atoms with Crippen molar-refractivity contribution in [1.82, 2.24) is 29.9 Å². The molecule has 1 aliphatic heterocycles. The molecule has 4 rings (SSSR count). The van der Waals surface area contributed by atoms with Crippen LogP contribution in [0.2, 0.25) is 0 Å². The summed E-state index contributed by atoms with van der Waals surface area (Å²) < 4.78 is 7.54. The van der Waals surface area contributed by atoms with Crippen molar-refractivity contribution in [2.75, 3.05) is 6.54 Å². The molecule has 4 heterocycles. The third-order valence-corrected chi connectivity index (χ3v) is 4.06. The summed E-state index contributed by atoms with van der Waals surface area (Å²) in [7, 11) is 0. The summed E-state index contributed by atoms with van der Waals surface area (Å²) in [5.41, 5.74) is 2.26. The summed E-state index contributed by atoms with van der Waals surface area (Å²) in [6.07, 6.45) is 6.58. The van der Waals surface area contributed by atoms with Gasteiger partial charge in [0.25, 0.3) is 5.91 Å². The van der Waals surface area contributed by atoms with Gasteiger partial charge in [0.15, 0.2) is 0 Å². The van der Waals surface area contributed by atoms with E-state index in [1.807, 2.05) is 16.8 Å². The van der Waals surface area contributed by atoms with E-state index in [9.17, 15) is 4.79 Å². The number of aromatic nitrogens is 5. The molecule has 0 radical (unpaired) electrons. The van der Waals surface area contributed by atoms with Crippen LogP contribution in [0, 0.1) is 0 Å². The summed E-state index contributed by atoms with van der Waals surface area (Å²) in [5.74, 6) is 0.652. The fraction of sp³-hybridized carbons (Fsp3) is 0.235. The van der Waals surface area contributed by atoms with Crippen LogP contribution in [0.3, 0.4) is 0 Å². The SMILES string of the molecule is O=C(c1ccncc1)N1CCn2nnc(COc3cccnc3)c2C1. The lowest BCUT2D eigenvalue weighted by Crippen LogP contribution is -2.38. The summed E-state index contributed by atoms with van der Waals surface area (Å²) >= 11 is 0. The first-order chi connectivity index (χ1) is 12.3. The van der Waals surface area contributed by atoms with E-state index >= 15 is 0 Å². The Kier molecular flexibility index (Phi) is 4.07. The maximum Gasteiger partial charge on any atom is 0.254 e. The third kappa shape index (κ3) is 3.18. The number of carbonyl (C=O) groups excluding carboxylic acids is 1. The van der Waals surface area contributed by atoms with E-state index in [2.05, 4.69) is 20.3 Å². The molecule has 0 fully saturated rings. The maximum atomic E-state index is 12.6. The number of hydrogen-bond acceptors (Lipinski definition) is 6. The van der Waals surface area contributed by atoms with Crippen LogP contribution in [0.15, 0.2) is 49.1 Å². The predicted octanol–water partition coefficient (Wildman–Crippen LogP) is 1.30. The standard InChI is InChI=1S/C17H16N6O2/c24-17(13-3-6-18-7-4-13)22-8-9-23-16(11-22)15(20-21-23)12-25-14-2-1-5-19-10-14/h1-7,10H,8-9,11-12H2. The number of carbonyl (C=O) groups is 1. The van der Waals surface area contributed by atoms with Crippen LogP contribution in [0.1, 0.15) is 21.7 Å². The topological polar surface area (TPSA) is 86.0 Å². The van der Waals surface area contributed by atoms with Crippen LogP contribution in [0.5, 0.6) is 5.75 Å². The molecule has 8 nitrogen and oxygen atoms in total. The monoisotopic (exact) mass is 336 g/mol. The second-order valence-corrected chi connectivity index (χ2v) is 5.65. The first kappa shape index (κ1) is 15.3. The Hall–Kier alpha value is -3.29. The summed E-state index contributed by atoms with van der Waals surface area (Å²) in [4.78, 5) is 22.4. The zero-order chi connectivity index (χ0) is 17.1. The van der Waals surface area contributed by atoms with E-state index in [0.717, 1.165) is 11.4 Å². The van der Waals surface area contributed by atoms with Crippen LogP contribution in [-0.2, 0) is 19.7 Å². The predicted molar refractivity (Wildman–Crippen MR) is 87.6 cm³/mol. The molecule has 0 unspecified atom stereocenters. The quantitative estimate of drug-likeness (QED) is 0.714. The molecule has 0 bridgehead atoms. The van der Waals surface area contributed by atoms with E-state index in [0.29, 0.717) is 30.9 Å². The van der Waals surface area contributed by atoms with Gasteiger partial charge in [-0.2, -0.15) is 0 Å². The fourth-order valence-electron chi connectivity index (χ4n) is 2.74. The summed E-state index contributed by atoms with van der Waals surface area (Å²) in [6.45, 7) is 1.96. The summed E-state index contributed by atoms with van der Waals surface area (Å²) in [5, 5.41) is 8.36. The molecular formula is C17H16N6O2. The molecule has 0 N–H and O–H groups in total. The van der Waals surface area contributed by atoms with Crippen molar-refractivity contribution < 1.29 is 9.53 Å². The zero-order valence-corrected chi connectivity index (χ0v) is 13.4. The summed E-state index contributed by atoms with van der Waals surface area (Å²) in [6, 6.07) is 7.09. The Bertz CT molecular complexity index is 865. The molecule has 25 heavy (non-hydrogen) atoms. The van der Waals surface area contributed by atoms with Crippen LogP contribution in [-0.4, -0.2) is 42.3 Å². The van der Waals surface area contributed by atoms with Gasteiger partial charge < -0.3 is 9.64 Å². The van der Waals surface area contributed by atoms with E-state index in [1.165, 1.54) is 0 Å². The molecule has 126 valence electrons. The van der Waals surface area contributed by atoms with Crippen molar-refractivity contribution in [2.45, 2.75) is 19.7 Å². The molecule has 0 saturated heterocycles. The number of hydrogen-bond donors (Lipinski definition) is 0. The van der Waals surface area contributed by atoms with Crippen molar-refractivity contribution >= 4 is 5.91 Å². The van der Waals surface area contributed by atoms with E-state index < -0.39 is 0 Å². The van der Waals surface area contributed by atoms with Gasteiger partial charge in [0.2, 0.25) is 0 Å². The van der Waals surface area contributed by atoms with Gasteiger partial charge in [-0.1, -0.05) is 5.21 Å². The first-order valence-electron chi connectivity index (χ1n) is 7.94. The molecule has 8 heteroatoms. The lowest BCUT2D eigenvalue weighted by molar-refractivity contribution is 0.0704. The first-order valence-corrected chi connectivity index (χ1v) is 7.94. The number of fused-ring (bicyclic) bond motifs is 1. The van der Waals surface area contributed by atoms with Crippen LogP contribution in [0.4, 0.5) is 0 Å². The number of ether oxygens (including phenoxy) is 1. The smallest absolute Gasteiger partial charge is 0.254 e. The number of rotatable bonds is 4. The van der Waals surface area contributed by atoms with Gasteiger partial charge in [-0.05, 0) is 24.3 Å². The minimum Gasteiger partial charge on any atom is -0.486 e. The minimum atomic E-state index is -0.0195. The van der Waals surface area contributed by atoms with Gasteiger partial charge >= 0.3 is 0 Å². The lowest BCUT2D eigenvalue weighted by atomic mass is 10.2. The second-order valence-electron chi connectivity index (χ2n) is 5.65. The van der Waals surface area contributed by atoms with Crippen LogP contribution in [0.25, 0.3) is 0 Å². The Morgan fingerprint density at radius 3 is 2.80 bits per heavy atom. The highest BCUT2D eigenvalue weighted by Crippen LogP contribution is 2.18. The largest absolute Gasteiger partial charge is 0.486 e. The molecule has 3 aromatic rings. The van der Waals surface area contributed by atoms with Gasteiger partial charge in [0.1, 0.15) is 18.1 Å². The van der Waals surface area contributed by atoms with Crippen molar-refractivity contribution in [2.24, 2.45) is 0 Å². The lowest BCUT2D eigenvalue weighted by Gasteiger charge is -2.27. The Balaban J connectivity index is 1.49. The Morgan fingerprint density at radius 2 is 2.00 bits per heavy atom. The molecule has 0 saturated carbocycles. The van der Waals surface area contributed by atoms with Gasteiger partial charge in [0.05, 0.1) is 25.0 Å². The number of amides is 1. The minimum absolute atomic E-state index is 0.0195. The van der Waals surface area contributed by atoms with Gasteiger partial charge in [-0.25, -0.2) is 4.68 Å². The number of pyridine rings is 2. The van der Waals surface area contributed by atoms with Crippen molar-refractivity contribution in [1.29, 1.82) is 0 Å². The molecular weight excluding hydrogens is 320 g/mol. The second kappa shape index (κ2) is 6.68. The van der Waals surface area contributed by atoms with Crippen LogP contribution >= 0.6 is 0 Å². The van der Waals surface area contributed by atoms with E-state index in [-0.39, 0.29) is 12.5 Å². The van der Waals surface area contributed by atoms with Gasteiger partial charge in [-0.3, -0.25) is 14.8 Å². The van der Waals surface area contributed by atoms with Crippen LogP contribution < -0.4 is 4.74 Å². The average Bonchev–Trinajstić information content (AvgIpc) is 3.09. The fourth-order valence-corrected chi connectivity index (χ4v) is 2.74. The van der Waals surface area contributed by atoms with Crippen molar-refractivity contribution in [3.63, 3.8) is 0 Å². The molecule has 0 atom stereocenters. The Labute approximate surface area is 144 Å². The molecule has 3 aromatic heterocycles. The Morgan fingerprint density at radius 1 is 1.12 bits per heavy atom. The van der Waals surface area contributed by atoms with E-state index in [4.69, 9.17) is 4.74 Å². The maximum absolute atomic E-state index is 12.6. The van der Waals surface area contributed by atoms with Gasteiger partial charge in [0, 0.05) is 30.7 Å². The van der Waals surface area contributed by atoms with Crippen molar-refractivity contribution in [3.8, 4) is 5.75 Å². The molecule has 0 aromatic carbocycles. The van der Waals surface area contributed by atoms with E-state index in [1.54, 1.807) is 41.8 Å². The molecule has 1 aliphatic rings.